The lowest BCUT2D eigenvalue weighted by molar-refractivity contribution is -0.138. The fourth-order valence-corrected chi connectivity index (χ4v) is 6.90. The second-order valence-electron chi connectivity index (χ2n) is 11.4. The standard InChI is InChI=1S/C32H35Cl2N3O4S.ClH/c1-42(40,41)26-10-7-23(8-11-26)22-37-20-16-32(31(37)39)14-18-36(19-15-32)17-13-29(24-5-3-2-4-6-24)35-30(38)25-9-12-27(33)28(34)21-25;/h2-12,21,29H,13-20,22H2,1H3,(H,35,38);1H. The molecule has 1 unspecified atom stereocenters. The van der Waals surface area contributed by atoms with Crippen LogP contribution >= 0.6 is 35.6 Å². The molecule has 0 bridgehead atoms. The normalized spacial score (nSPS) is 17.5. The Morgan fingerprint density at radius 3 is 2.21 bits per heavy atom. The Hall–Kier alpha value is -2.62. The maximum atomic E-state index is 13.5. The molecule has 7 nitrogen and oxygen atoms in total. The van der Waals surface area contributed by atoms with E-state index >= 15 is 0 Å². The monoisotopic (exact) mass is 663 g/mol. The minimum Gasteiger partial charge on any atom is -0.345 e. The van der Waals surface area contributed by atoms with Gasteiger partial charge in [-0.1, -0.05) is 65.7 Å². The number of hydrogen-bond acceptors (Lipinski definition) is 5. The molecule has 3 aromatic carbocycles. The number of rotatable bonds is 9. The number of amides is 2. The Balaban J connectivity index is 0.00000423. The Labute approximate surface area is 269 Å². The number of nitrogens with one attached hydrogen (secondary N) is 1. The van der Waals surface area contributed by atoms with Gasteiger partial charge in [0.05, 0.1) is 26.4 Å². The van der Waals surface area contributed by atoms with E-state index in [2.05, 4.69) is 10.2 Å². The third-order valence-electron chi connectivity index (χ3n) is 8.56. The van der Waals surface area contributed by atoms with Crippen molar-refractivity contribution < 1.29 is 18.0 Å². The topological polar surface area (TPSA) is 86.8 Å². The zero-order valence-corrected chi connectivity index (χ0v) is 27.1. The summed E-state index contributed by atoms with van der Waals surface area (Å²) in [5, 5.41) is 3.92. The number of sulfone groups is 1. The van der Waals surface area contributed by atoms with Crippen LogP contribution in [0.4, 0.5) is 0 Å². The van der Waals surface area contributed by atoms with Gasteiger partial charge in [-0.15, -0.1) is 12.4 Å². The van der Waals surface area contributed by atoms with Crippen LogP contribution in [-0.2, 0) is 21.2 Å². The van der Waals surface area contributed by atoms with Gasteiger partial charge in [-0.25, -0.2) is 8.42 Å². The van der Waals surface area contributed by atoms with Gasteiger partial charge in [0.15, 0.2) is 9.84 Å². The number of hydrogen-bond donors (Lipinski definition) is 1. The van der Waals surface area contributed by atoms with E-state index in [1.54, 1.807) is 42.5 Å². The molecule has 1 atom stereocenters. The molecule has 2 saturated heterocycles. The summed E-state index contributed by atoms with van der Waals surface area (Å²) in [4.78, 5) is 31.2. The maximum absolute atomic E-state index is 13.5. The molecule has 230 valence electrons. The smallest absolute Gasteiger partial charge is 0.251 e. The summed E-state index contributed by atoms with van der Waals surface area (Å²) in [6, 6.07) is 21.4. The first-order chi connectivity index (χ1) is 20.0. The molecule has 2 aliphatic heterocycles. The van der Waals surface area contributed by atoms with Gasteiger partial charge in [0.2, 0.25) is 5.91 Å². The van der Waals surface area contributed by atoms with Crippen molar-refractivity contribution in [2.75, 3.05) is 32.4 Å². The zero-order chi connectivity index (χ0) is 29.9. The van der Waals surface area contributed by atoms with Crippen molar-refractivity contribution in [1.82, 2.24) is 15.1 Å². The fraction of sp³-hybridized carbons (Fsp3) is 0.375. The van der Waals surface area contributed by atoms with Gasteiger partial charge in [-0.05, 0) is 80.2 Å². The summed E-state index contributed by atoms with van der Waals surface area (Å²) in [7, 11) is -3.25. The van der Waals surface area contributed by atoms with Crippen molar-refractivity contribution in [3.05, 3.63) is 99.5 Å². The fourth-order valence-electron chi connectivity index (χ4n) is 5.97. The Kier molecular flexibility index (Phi) is 10.8. The predicted molar refractivity (Wildman–Crippen MR) is 173 cm³/mol. The van der Waals surface area contributed by atoms with Gasteiger partial charge in [0, 0.05) is 31.5 Å². The van der Waals surface area contributed by atoms with E-state index in [1.807, 2.05) is 35.2 Å². The Bertz CT molecular complexity index is 1540. The van der Waals surface area contributed by atoms with Gasteiger partial charge < -0.3 is 15.1 Å². The molecule has 2 aliphatic rings. The highest BCUT2D eigenvalue weighted by Crippen LogP contribution is 2.42. The zero-order valence-electron chi connectivity index (χ0n) is 24.0. The average molecular weight is 665 g/mol. The first-order valence-electron chi connectivity index (χ1n) is 14.2. The molecule has 0 aromatic heterocycles. The van der Waals surface area contributed by atoms with Crippen LogP contribution in [0.5, 0.6) is 0 Å². The van der Waals surface area contributed by atoms with Crippen LogP contribution in [0.15, 0.2) is 77.7 Å². The minimum atomic E-state index is -3.25. The van der Waals surface area contributed by atoms with E-state index < -0.39 is 9.84 Å². The molecular weight excluding hydrogens is 629 g/mol. The first-order valence-corrected chi connectivity index (χ1v) is 16.8. The van der Waals surface area contributed by atoms with E-state index in [9.17, 15) is 18.0 Å². The third-order valence-corrected chi connectivity index (χ3v) is 10.4. The highest BCUT2D eigenvalue weighted by Gasteiger charge is 2.47. The van der Waals surface area contributed by atoms with Crippen LogP contribution in [0.2, 0.25) is 10.0 Å². The maximum Gasteiger partial charge on any atom is 0.251 e. The molecule has 0 radical (unpaired) electrons. The number of benzene rings is 3. The van der Waals surface area contributed by atoms with Crippen LogP contribution in [0, 0.1) is 5.41 Å². The Morgan fingerprint density at radius 1 is 0.930 bits per heavy atom. The average Bonchev–Trinajstić information content (AvgIpc) is 3.27. The Morgan fingerprint density at radius 2 is 1.58 bits per heavy atom. The molecule has 1 spiro atoms. The lowest BCUT2D eigenvalue weighted by Crippen LogP contribution is -2.45. The molecule has 3 aromatic rings. The van der Waals surface area contributed by atoms with Crippen molar-refractivity contribution in [3.8, 4) is 0 Å². The summed E-state index contributed by atoms with van der Waals surface area (Å²) in [6.45, 7) is 3.65. The molecule has 43 heavy (non-hydrogen) atoms. The minimum absolute atomic E-state index is 0. The summed E-state index contributed by atoms with van der Waals surface area (Å²) in [5.74, 6) is -0.00647. The van der Waals surface area contributed by atoms with Gasteiger partial charge >= 0.3 is 0 Å². The number of piperidine rings is 1. The largest absolute Gasteiger partial charge is 0.345 e. The molecule has 1 N–H and O–H groups in total. The van der Waals surface area contributed by atoms with Crippen LogP contribution in [0.25, 0.3) is 0 Å². The molecule has 5 rings (SSSR count). The highest BCUT2D eigenvalue weighted by atomic mass is 35.5. The van der Waals surface area contributed by atoms with Crippen LogP contribution < -0.4 is 5.32 Å². The SMILES string of the molecule is CS(=O)(=O)c1ccc(CN2CCC3(CCN(CCC(NC(=O)c4ccc(Cl)c(Cl)c4)c4ccccc4)CC3)C2=O)cc1.Cl. The highest BCUT2D eigenvalue weighted by molar-refractivity contribution is 7.90. The molecule has 0 saturated carbocycles. The van der Waals surface area contributed by atoms with Crippen LogP contribution in [-0.4, -0.2) is 62.5 Å². The molecule has 2 heterocycles. The van der Waals surface area contributed by atoms with Crippen molar-refractivity contribution in [2.45, 2.75) is 43.2 Å². The summed E-state index contributed by atoms with van der Waals surface area (Å²) >= 11 is 12.2. The molecular formula is C32H36Cl3N3O4S. The van der Waals surface area contributed by atoms with E-state index in [4.69, 9.17) is 23.2 Å². The van der Waals surface area contributed by atoms with E-state index in [0.717, 1.165) is 56.4 Å². The van der Waals surface area contributed by atoms with Crippen molar-refractivity contribution in [3.63, 3.8) is 0 Å². The number of halogens is 3. The first kappa shape index (κ1) is 33.3. The lowest BCUT2D eigenvalue weighted by atomic mass is 9.77. The van der Waals surface area contributed by atoms with Gasteiger partial charge in [-0.2, -0.15) is 0 Å². The summed E-state index contributed by atoms with van der Waals surface area (Å²) in [6.07, 6.45) is 4.38. The molecule has 2 amide bonds. The van der Waals surface area contributed by atoms with Crippen molar-refractivity contribution >= 4 is 57.3 Å². The lowest BCUT2D eigenvalue weighted by Gasteiger charge is -2.38. The molecule has 0 aliphatic carbocycles. The van der Waals surface area contributed by atoms with Crippen LogP contribution in [0.1, 0.15) is 53.2 Å². The van der Waals surface area contributed by atoms with Crippen molar-refractivity contribution in [1.29, 1.82) is 0 Å². The predicted octanol–water partition coefficient (Wildman–Crippen LogP) is 6.19. The van der Waals surface area contributed by atoms with Gasteiger partial charge in [0.25, 0.3) is 5.91 Å². The summed E-state index contributed by atoms with van der Waals surface area (Å²) in [5.41, 5.74) is 2.09. The van der Waals surface area contributed by atoms with Crippen molar-refractivity contribution in [2.24, 2.45) is 5.41 Å². The van der Waals surface area contributed by atoms with E-state index in [0.29, 0.717) is 28.7 Å². The van der Waals surface area contributed by atoms with Gasteiger partial charge in [-0.3, -0.25) is 9.59 Å². The number of likely N-dealkylation sites (tertiary alicyclic amines) is 2. The summed E-state index contributed by atoms with van der Waals surface area (Å²) < 4.78 is 23.5. The second-order valence-corrected chi connectivity index (χ2v) is 14.2. The van der Waals surface area contributed by atoms with Gasteiger partial charge in [0.1, 0.15) is 0 Å². The third kappa shape index (κ3) is 7.91. The molecule has 11 heteroatoms. The molecule has 2 fully saturated rings. The van der Waals surface area contributed by atoms with E-state index in [1.165, 1.54) is 6.26 Å². The van der Waals surface area contributed by atoms with E-state index in [-0.39, 0.29) is 40.6 Å². The number of carbonyl (C=O) groups excluding carboxylic acids is 2. The quantitative estimate of drug-likeness (QED) is 0.295. The second kappa shape index (κ2) is 14.0. The number of carbonyl (C=O) groups is 2. The number of nitrogens with zero attached hydrogens (tertiary/aromatic N) is 2. The van der Waals surface area contributed by atoms with Crippen LogP contribution in [0.3, 0.4) is 0 Å².